The fourth-order valence-corrected chi connectivity index (χ4v) is 4.61. The Morgan fingerprint density at radius 3 is 2.24 bits per heavy atom. The van der Waals surface area contributed by atoms with Gasteiger partial charge in [0.1, 0.15) is 17.5 Å². The first-order chi connectivity index (χ1) is 11.8. The van der Waals surface area contributed by atoms with Crippen molar-refractivity contribution >= 4 is 12.1 Å². The van der Waals surface area contributed by atoms with Gasteiger partial charge >= 0.3 is 0 Å². The molecule has 2 aliphatic carbocycles. The van der Waals surface area contributed by atoms with E-state index in [0.717, 1.165) is 0 Å². The topological polar surface area (TPSA) is 132 Å². The van der Waals surface area contributed by atoms with E-state index in [0.29, 0.717) is 19.1 Å². The third kappa shape index (κ3) is 2.27. The molecule has 0 aromatic heterocycles. The number of carbonyl (C=O) groups excluding carboxylic acids is 2. The third-order valence-corrected chi connectivity index (χ3v) is 6.05. The molecule has 0 saturated heterocycles. The summed E-state index contributed by atoms with van der Waals surface area (Å²) in [5.41, 5.74) is 2.55. The van der Waals surface area contributed by atoms with Crippen molar-refractivity contribution in [1.29, 1.82) is 15.8 Å². The molecule has 4 atom stereocenters. The van der Waals surface area contributed by atoms with E-state index >= 15 is 0 Å². The van der Waals surface area contributed by atoms with E-state index in [1.807, 2.05) is 32.9 Å². The van der Waals surface area contributed by atoms with Crippen LogP contribution >= 0.6 is 0 Å². The summed E-state index contributed by atoms with van der Waals surface area (Å²) in [5, 5.41) is 29.6. The van der Waals surface area contributed by atoms with Gasteiger partial charge in [0, 0.05) is 29.5 Å². The van der Waals surface area contributed by atoms with E-state index in [1.54, 1.807) is 0 Å². The number of nitrogens with zero attached hydrogens (tertiary/aromatic N) is 3. The lowest BCUT2D eigenvalue weighted by Gasteiger charge is -2.45. The van der Waals surface area contributed by atoms with Crippen LogP contribution in [0.4, 0.5) is 0 Å². The molecule has 2 aliphatic rings. The number of Topliss-reactive ketones (excluding diaryl/α,β-unsaturated/α-hetero) is 1. The third-order valence-electron chi connectivity index (χ3n) is 6.05. The van der Waals surface area contributed by atoms with Crippen LogP contribution < -0.4 is 5.73 Å². The minimum atomic E-state index is -1.82. The lowest BCUT2D eigenvalue weighted by molar-refractivity contribution is -0.138. The Labute approximate surface area is 147 Å². The largest absolute Gasteiger partial charge is 0.400 e. The number of ketones is 1. The van der Waals surface area contributed by atoms with Crippen LogP contribution in [0.1, 0.15) is 40.0 Å². The molecule has 0 aliphatic heterocycles. The van der Waals surface area contributed by atoms with Crippen LogP contribution in [0, 0.1) is 68.5 Å². The Morgan fingerprint density at radius 1 is 1.20 bits per heavy atom. The Bertz CT molecular complexity index is 748. The van der Waals surface area contributed by atoms with Crippen molar-refractivity contribution in [2.45, 2.75) is 40.0 Å². The highest BCUT2D eigenvalue weighted by Gasteiger charge is 2.68. The van der Waals surface area contributed by atoms with Crippen molar-refractivity contribution in [3.63, 3.8) is 0 Å². The first-order valence-electron chi connectivity index (χ1n) is 8.48. The fourth-order valence-electron chi connectivity index (χ4n) is 4.61. The van der Waals surface area contributed by atoms with Gasteiger partial charge < -0.3 is 5.73 Å². The van der Waals surface area contributed by atoms with E-state index in [2.05, 4.69) is 6.07 Å². The predicted octanol–water partition coefficient (Wildman–Crippen LogP) is 2.23. The lowest BCUT2D eigenvalue weighted by Crippen LogP contribution is -2.53. The lowest BCUT2D eigenvalue weighted by atomic mass is 9.52. The highest BCUT2D eigenvalue weighted by atomic mass is 16.1. The van der Waals surface area contributed by atoms with Gasteiger partial charge in [-0.15, -0.1) is 0 Å². The highest BCUT2D eigenvalue weighted by molar-refractivity contribution is 5.88. The molecule has 0 aromatic carbocycles. The molecule has 0 radical (unpaired) electrons. The normalized spacial score (nSPS) is 34.3. The number of nitriles is 3. The van der Waals surface area contributed by atoms with Crippen LogP contribution in [0.5, 0.6) is 0 Å². The van der Waals surface area contributed by atoms with E-state index in [-0.39, 0.29) is 41.2 Å². The van der Waals surface area contributed by atoms with Gasteiger partial charge in [-0.2, -0.15) is 15.8 Å². The SMILES string of the molecule is CC(C)[C@H]1CC[C@H](C)[C@@H]([C@@]2(C#N)C(N)=C(C=O)CC2(C#N)C#N)C1=O. The molecule has 6 heteroatoms. The van der Waals surface area contributed by atoms with Crippen LogP contribution in [-0.2, 0) is 9.59 Å². The first kappa shape index (κ1) is 18.7. The second-order valence-electron chi connectivity index (χ2n) is 7.57. The van der Waals surface area contributed by atoms with Crippen molar-refractivity contribution in [2.75, 3.05) is 0 Å². The second kappa shape index (κ2) is 6.34. The van der Waals surface area contributed by atoms with Gasteiger partial charge in [-0.3, -0.25) is 9.59 Å². The Balaban J connectivity index is 2.77. The molecule has 1 saturated carbocycles. The Morgan fingerprint density at radius 2 is 1.80 bits per heavy atom. The maximum absolute atomic E-state index is 13.3. The molecule has 0 amide bonds. The van der Waals surface area contributed by atoms with Gasteiger partial charge in [0.2, 0.25) is 0 Å². The minimum absolute atomic E-state index is 0.0799. The highest BCUT2D eigenvalue weighted by Crippen LogP contribution is 2.61. The van der Waals surface area contributed by atoms with Gasteiger partial charge in [0.25, 0.3) is 0 Å². The van der Waals surface area contributed by atoms with E-state index < -0.39 is 16.7 Å². The standard InChI is InChI=1S/C19H22N4O2/c1-11(2)14-5-4-12(3)15(16(14)25)19(10-22)17(23)13(7-24)6-18(19,8-20)9-21/h7,11-12,14-15H,4-6,23H2,1-3H3/t12-,14+,15+,19-/m0/s1. The molecular formula is C19H22N4O2. The van der Waals surface area contributed by atoms with Gasteiger partial charge in [-0.25, -0.2) is 0 Å². The predicted molar refractivity (Wildman–Crippen MR) is 88.8 cm³/mol. The molecule has 2 N–H and O–H groups in total. The molecule has 2 rings (SSSR count). The second-order valence-corrected chi connectivity index (χ2v) is 7.57. The van der Waals surface area contributed by atoms with Gasteiger partial charge in [-0.05, 0) is 24.7 Å². The fraction of sp³-hybridized carbons (Fsp3) is 0.632. The summed E-state index contributed by atoms with van der Waals surface area (Å²) < 4.78 is 0. The van der Waals surface area contributed by atoms with E-state index in [1.165, 1.54) is 0 Å². The number of rotatable bonds is 3. The summed E-state index contributed by atoms with van der Waals surface area (Å²) in [5.74, 6) is -1.34. The minimum Gasteiger partial charge on any atom is -0.400 e. The zero-order valence-corrected chi connectivity index (χ0v) is 14.7. The zero-order chi connectivity index (χ0) is 19.0. The Hall–Kier alpha value is -2.65. The van der Waals surface area contributed by atoms with Crippen molar-refractivity contribution in [2.24, 2.45) is 40.2 Å². The summed E-state index contributed by atoms with van der Waals surface area (Å²) >= 11 is 0. The van der Waals surface area contributed by atoms with Crippen LogP contribution in [-0.4, -0.2) is 12.1 Å². The summed E-state index contributed by atoms with van der Waals surface area (Å²) in [4.78, 5) is 24.7. The molecule has 130 valence electrons. The molecular weight excluding hydrogens is 316 g/mol. The molecule has 0 heterocycles. The van der Waals surface area contributed by atoms with Crippen LogP contribution in [0.3, 0.4) is 0 Å². The van der Waals surface area contributed by atoms with Crippen molar-refractivity contribution < 1.29 is 9.59 Å². The van der Waals surface area contributed by atoms with Crippen LogP contribution in [0.15, 0.2) is 11.3 Å². The molecule has 6 nitrogen and oxygen atoms in total. The molecule has 1 fully saturated rings. The number of hydrogen-bond donors (Lipinski definition) is 1. The van der Waals surface area contributed by atoms with E-state index in [9.17, 15) is 25.4 Å². The van der Waals surface area contributed by atoms with Crippen LogP contribution in [0.2, 0.25) is 0 Å². The maximum Gasteiger partial charge on any atom is 0.172 e. The monoisotopic (exact) mass is 338 g/mol. The smallest absolute Gasteiger partial charge is 0.172 e. The quantitative estimate of drug-likeness (QED) is 0.785. The summed E-state index contributed by atoms with van der Waals surface area (Å²) in [7, 11) is 0. The van der Waals surface area contributed by atoms with Crippen molar-refractivity contribution in [3.05, 3.63) is 11.3 Å². The average molecular weight is 338 g/mol. The van der Waals surface area contributed by atoms with Gasteiger partial charge in [-0.1, -0.05) is 20.8 Å². The van der Waals surface area contributed by atoms with Gasteiger partial charge in [0.05, 0.1) is 18.2 Å². The first-order valence-corrected chi connectivity index (χ1v) is 8.48. The number of carbonyl (C=O) groups is 2. The molecule has 0 aromatic rings. The van der Waals surface area contributed by atoms with Crippen molar-refractivity contribution in [1.82, 2.24) is 0 Å². The zero-order valence-electron chi connectivity index (χ0n) is 14.7. The molecule has 0 spiro atoms. The number of hydrogen-bond acceptors (Lipinski definition) is 6. The number of aldehydes is 1. The van der Waals surface area contributed by atoms with Gasteiger partial charge in [0.15, 0.2) is 5.41 Å². The summed E-state index contributed by atoms with van der Waals surface area (Å²) in [6.07, 6.45) is 1.70. The maximum atomic E-state index is 13.3. The van der Waals surface area contributed by atoms with Crippen LogP contribution in [0.25, 0.3) is 0 Å². The summed E-state index contributed by atoms with van der Waals surface area (Å²) in [6.45, 7) is 5.74. The molecule has 0 unspecified atom stereocenters. The van der Waals surface area contributed by atoms with E-state index in [4.69, 9.17) is 5.73 Å². The van der Waals surface area contributed by atoms with Crippen molar-refractivity contribution in [3.8, 4) is 18.2 Å². The molecule has 0 bridgehead atoms. The number of allylic oxidation sites excluding steroid dienone is 2. The number of nitrogens with two attached hydrogens (primary N) is 1. The summed E-state index contributed by atoms with van der Waals surface area (Å²) in [6, 6.07) is 5.93. The molecule has 25 heavy (non-hydrogen) atoms. The average Bonchev–Trinajstić information content (AvgIpc) is 2.84. The Kier molecular flexibility index (Phi) is 4.74.